The van der Waals surface area contributed by atoms with Crippen LogP contribution in [0, 0.1) is 3.57 Å². The third kappa shape index (κ3) is 4.98. The van der Waals surface area contributed by atoms with Gasteiger partial charge in [0.1, 0.15) is 0 Å². The summed E-state index contributed by atoms with van der Waals surface area (Å²) < 4.78 is 1.29. The van der Waals surface area contributed by atoms with Crippen molar-refractivity contribution in [3.05, 3.63) is 33.4 Å². The number of hydrogen-bond donors (Lipinski definition) is 1. The highest BCUT2D eigenvalue weighted by Crippen LogP contribution is 2.06. The zero-order valence-electron chi connectivity index (χ0n) is 7.39. The fourth-order valence-corrected chi connectivity index (χ4v) is 1.67. The van der Waals surface area contributed by atoms with Crippen LogP contribution >= 0.6 is 38.5 Å². The molecular formula is C10H13BrIN. The van der Waals surface area contributed by atoms with Crippen molar-refractivity contribution in [2.24, 2.45) is 0 Å². The molecule has 1 aromatic rings. The molecule has 1 rings (SSSR count). The standard InChI is InChI=1S/C10H13BrIN/c11-6-1-7-13-8-9-2-4-10(12)5-3-9/h2-5,13H,1,6-8H2. The highest BCUT2D eigenvalue weighted by molar-refractivity contribution is 14.1. The number of benzene rings is 1. The van der Waals surface area contributed by atoms with E-state index in [1.165, 1.54) is 15.6 Å². The van der Waals surface area contributed by atoms with E-state index in [4.69, 9.17) is 0 Å². The lowest BCUT2D eigenvalue weighted by Crippen LogP contribution is -2.14. The first kappa shape index (κ1) is 11.5. The van der Waals surface area contributed by atoms with Crippen LogP contribution in [-0.4, -0.2) is 11.9 Å². The summed E-state index contributed by atoms with van der Waals surface area (Å²) in [5.41, 5.74) is 1.36. The van der Waals surface area contributed by atoms with Crippen LogP contribution in [0.3, 0.4) is 0 Å². The molecule has 3 heteroatoms. The Balaban J connectivity index is 2.25. The zero-order valence-corrected chi connectivity index (χ0v) is 11.1. The van der Waals surface area contributed by atoms with Crippen LogP contribution in [-0.2, 0) is 6.54 Å². The quantitative estimate of drug-likeness (QED) is 0.487. The molecule has 13 heavy (non-hydrogen) atoms. The van der Waals surface area contributed by atoms with Gasteiger partial charge in [-0.3, -0.25) is 0 Å². The topological polar surface area (TPSA) is 12.0 Å². The summed E-state index contributed by atoms with van der Waals surface area (Å²) in [6.07, 6.45) is 1.18. The summed E-state index contributed by atoms with van der Waals surface area (Å²) in [5.74, 6) is 0. The van der Waals surface area contributed by atoms with Gasteiger partial charge in [0, 0.05) is 15.4 Å². The molecule has 0 aliphatic rings. The lowest BCUT2D eigenvalue weighted by atomic mass is 10.2. The predicted molar refractivity (Wildman–Crippen MR) is 69.3 cm³/mol. The molecule has 0 amide bonds. The van der Waals surface area contributed by atoms with E-state index in [9.17, 15) is 0 Å². The zero-order chi connectivity index (χ0) is 9.52. The van der Waals surface area contributed by atoms with Crippen molar-refractivity contribution < 1.29 is 0 Å². The van der Waals surface area contributed by atoms with Gasteiger partial charge in [-0.2, -0.15) is 0 Å². The SMILES string of the molecule is BrCCCNCc1ccc(I)cc1. The van der Waals surface area contributed by atoms with Crippen LogP contribution in [0.2, 0.25) is 0 Å². The number of halogens is 2. The first-order valence-corrected chi connectivity index (χ1v) is 6.54. The Bertz CT molecular complexity index is 235. The van der Waals surface area contributed by atoms with Crippen LogP contribution in [0.25, 0.3) is 0 Å². The first-order valence-electron chi connectivity index (χ1n) is 4.34. The molecule has 1 aromatic carbocycles. The lowest BCUT2D eigenvalue weighted by Gasteiger charge is -2.03. The summed E-state index contributed by atoms with van der Waals surface area (Å²) in [7, 11) is 0. The summed E-state index contributed by atoms with van der Waals surface area (Å²) in [4.78, 5) is 0. The Labute approximate surface area is 102 Å². The Hall–Kier alpha value is 0.390. The maximum absolute atomic E-state index is 3.40. The van der Waals surface area contributed by atoms with E-state index in [2.05, 4.69) is 68.1 Å². The minimum absolute atomic E-state index is 0.976. The molecule has 0 saturated heterocycles. The molecule has 0 saturated carbocycles. The van der Waals surface area contributed by atoms with Gasteiger partial charge in [0.15, 0.2) is 0 Å². The number of hydrogen-bond acceptors (Lipinski definition) is 1. The number of rotatable bonds is 5. The third-order valence-corrected chi connectivity index (χ3v) is 3.01. The third-order valence-electron chi connectivity index (χ3n) is 1.73. The van der Waals surface area contributed by atoms with Crippen molar-refractivity contribution in [2.45, 2.75) is 13.0 Å². The molecule has 72 valence electrons. The van der Waals surface area contributed by atoms with Gasteiger partial charge in [-0.1, -0.05) is 28.1 Å². The molecule has 0 heterocycles. The van der Waals surface area contributed by atoms with Gasteiger partial charge < -0.3 is 5.32 Å². The van der Waals surface area contributed by atoms with Crippen LogP contribution in [0.1, 0.15) is 12.0 Å². The Morgan fingerprint density at radius 2 is 1.92 bits per heavy atom. The van der Waals surface area contributed by atoms with Gasteiger partial charge in [-0.25, -0.2) is 0 Å². The summed E-state index contributed by atoms with van der Waals surface area (Å²) in [5, 5.41) is 4.47. The van der Waals surface area contributed by atoms with Crippen LogP contribution in [0.5, 0.6) is 0 Å². The summed E-state index contributed by atoms with van der Waals surface area (Å²) in [6, 6.07) is 8.62. The van der Waals surface area contributed by atoms with Crippen molar-refractivity contribution in [3.8, 4) is 0 Å². The molecule has 0 radical (unpaired) electrons. The largest absolute Gasteiger partial charge is 0.313 e. The summed E-state index contributed by atoms with van der Waals surface area (Å²) in [6.45, 7) is 2.06. The Morgan fingerprint density at radius 3 is 2.54 bits per heavy atom. The van der Waals surface area contributed by atoms with Crippen LogP contribution < -0.4 is 5.32 Å². The molecule has 0 aliphatic carbocycles. The van der Waals surface area contributed by atoms with Crippen LogP contribution in [0.15, 0.2) is 24.3 Å². The lowest BCUT2D eigenvalue weighted by molar-refractivity contribution is 0.680. The highest BCUT2D eigenvalue weighted by atomic mass is 127. The van der Waals surface area contributed by atoms with Gasteiger partial charge in [-0.05, 0) is 53.3 Å². The van der Waals surface area contributed by atoms with Gasteiger partial charge in [0.2, 0.25) is 0 Å². The maximum Gasteiger partial charge on any atom is 0.0205 e. The maximum atomic E-state index is 3.40. The number of alkyl halides is 1. The van der Waals surface area contributed by atoms with Crippen molar-refractivity contribution in [1.29, 1.82) is 0 Å². The molecule has 1 N–H and O–H groups in total. The van der Waals surface area contributed by atoms with E-state index in [-0.39, 0.29) is 0 Å². The number of nitrogens with one attached hydrogen (secondary N) is 1. The molecule has 0 aromatic heterocycles. The first-order chi connectivity index (χ1) is 6.33. The minimum atomic E-state index is 0.976. The van der Waals surface area contributed by atoms with E-state index in [0.717, 1.165) is 18.4 Å². The van der Waals surface area contributed by atoms with Crippen molar-refractivity contribution in [3.63, 3.8) is 0 Å². The highest BCUT2D eigenvalue weighted by Gasteiger charge is 1.91. The Kier molecular flexibility index (Phi) is 5.98. The Morgan fingerprint density at radius 1 is 1.23 bits per heavy atom. The smallest absolute Gasteiger partial charge is 0.0205 e. The molecule has 0 bridgehead atoms. The van der Waals surface area contributed by atoms with Gasteiger partial charge in [-0.15, -0.1) is 0 Å². The van der Waals surface area contributed by atoms with Gasteiger partial charge in [0.25, 0.3) is 0 Å². The van der Waals surface area contributed by atoms with Crippen molar-refractivity contribution >= 4 is 38.5 Å². The molecule has 0 aliphatic heterocycles. The molecule has 0 spiro atoms. The second-order valence-electron chi connectivity index (χ2n) is 2.85. The van der Waals surface area contributed by atoms with E-state index in [0.29, 0.717) is 0 Å². The van der Waals surface area contributed by atoms with Crippen molar-refractivity contribution in [1.82, 2.24) is 5.32 Å². The van der Waals surface area contributed by atoms with Gasteiger partial charge >= 0.3 is 0 Å². The van der Waals surface area contributed by atoms with E-state index >= 15 is 0 Å². The predicted octanol–water partition coefficient (Wildman–Crippen LogP) is 3.17. The molecule has 1 nitrogen and oxygen atoms in total. The average molecular weight is 354 g/mol. The molecule has 0 fully saturated rings. The average Bonchev–Trinajstić information content (AvgIpc) is 2.15. The monoisotopic (exact) mass is 353 g/mol. The van der Waals surface area contributed by atoms with E-state index < -0.39 is 0 Å². The second kappa shape index (κ2) is 6.79. The fourth-order valence-electron chi connectivity index (χ4n) is 1.03. The van der Waals surface area contributed by atoms with Crippen molar-refractivity contribution in [2.75, 3.05) is 11.9 Å². The fraction of sp³-hybridized carbons (Fsp3) is 0.400. The van der Waals surface area contributed by atoms with E-state index in [1.54, 1.807) is 0 Å². The van der Waals surface area contributed by atoms with Crippen LogP contribution in [0.4, 0.5) is 0 Å². The van der Waals surface area contributed by atoms with E-state index in [1.807, 2.05) is 0 Å². The molecule has 0 atom stereocenters. The molecule has 0 unspecified atom stereocenters. The second-order valence-corrected chi connectivity index (χ2v) is 4.88. The molecular weight excluding hydrogens is 341 g/mol. The minimum Gasteiger partial charge on any atom is -0.313 e. The summed E-state index contributed by atoms with van der Waals surface area (Å²) >= 11 is 5.73. The normalized spacial score (nSPS) is 10.3. The van der Waals surface area contributed by atoms with Gasteiger partial charge in [0.05, 0.1) is 0 Å².